The summed E-state index contributed by atoms with van der Waals surface area (Å²) < 4.78 is 0. The van der Waals surface area contributed by atoms with E-state index in [1.165, 1.54) is 0 Å². The molecule has 5 heteroatoms. The first-order valence-corrected chi connectivity index (χ1v) is 8.79. The number of aromatic nitrogens is 1. The van der Waals surface area contributed by atoms with Crippen LogP contribution in [0.15, 0.2) is 66.9 Å². The van der Waals surface area contributed by atoms with Crippen molar-refractivity contribution < 1.29 is 4.79 Å². The molecule has 26 heavy (non-hydrogen) atoms. The van der Waals surface area contributed by atoms with Crippen molar-refractivity contribution in [3.63, 3.8) is 0 Å². The lowest BCUT2D eigenvalue weighted by atomic mass is 10.1. The lowest BCUT2D eigenvalue weighted by Crippen LogP contribution is -2.14. The summed E-state index contributed by atoms with van der Waals surface area (Å²) in [4.78, 5) is 16.5. The predicted molar refractivity (Wildman–Crippen MR) is 108 cm³/mol. The molecule has 0 aliphatic rings. The summed E-state index contributed by atoms with van der Waals surface area (Å²) in [5.41, 5.74) is 3.39. The van der Waals surface area contributed by atoms with Crippen LogP contribution in [-0.2, 0) is 11.2 Å². The first-order chi connectivity index (χ1) is 12.6. The Morgan fingerprint density at radius 3 is 2.62 bits per heavy atom. The number of carbonyl (C=O) groups excluding carboxylic acids is 1. The molecule has 2 aromatic carbocycles. The van der Waals surface area contributed by atoms with E-state index in [9.17, 15) is 4.79 Å². The van der Waals surface area contributed by atoms with Gasteiger partial charge in [-0.3, -0.25) is 9.78 Å². The molecular weight excluding hydrogens is 367 g/mol. The summed E-state index contributed by atoms with van der Waals surface area (Å²) in [6.45, 7) is 0. The highest BCUT2D eigenvalue weighted by Gasteiger charge is 2.06. The number of benzene rings is 2. The fraction of sp³-hybridized carbons (Fsp3) is 0.0476. The SMILES string of the molecule is O=C(Cc1ccc(Cl)c(Cl)c1)Nc1cccc(/C=C/c2ccccn2)c1. The van der Waals surface area contributed by atoms with Gasteiger partial charge in [-0.15, -0.1) is 0 Å². The van der Waals surface area contributed by atoms with Crippen LogP contribution in [0.2, 0.25) is 10.0 Å². The molecule has 1 amide bonds. The molecule has 0 atom stereocenters. The lowest BCUT2D eigenvalue weighted by Gasteiger charge is -2.07. The summed E-state index contributed by atoms with van der Waals surface area (Å²) in [5.74, 6) is -0.116. The molecule has 0 aliphatic carbocycles. The molecule has 0 aliphatic heterocycles. The quantitative estimate of drug-likeness (QED) is 0.611. The zero-order chi connectivity index (χ0) is 18.4. The van der Waals surface area contributed by atoms with Crippen molar-refractivity contribution >= 4 is 46.9 Å². The highest BCUT2D eigenvalue weighted by molar-refractivity contribution is 6.42. The van der Waals surface area contributed by atoms with Gasteiger partial charge in [0.15, 0.2) is 0 Å². The molecular formula is C21H16Cl2N2O. The number of rotatable bonds is 5. The van der Waals surface area contributed by atoms with E-state index in [1.54, 1.807) is 24.4 Å². The van der Waals surface area contributed by atoms with Gasteiger partial charge in [0.05, 0.1) is 22.2 Å². The zero-order valence-electron chi connectivity index (χ0n) is 13.8. The third-order valence-corrected chi connectivity index (χ3v) is 4.39. The van der Waals surface area contributed by atoms with Gasteiger partial charge in [0.1, 0.15) is 0 Å². The smallest absolute Gasteiger partial charge is 0.228 e. The summed E-state index contributed by atoms with van der Waals surface area (Å²) >= 11 is 11.9. The van der Waals surface area contributed by atoms with E-state index in [0.29, 0.717) is 10.0 Å². The second kappa shape index (κ2) is 8.65. The van der Waals surface area contributed by atoms with Crippen LogP contribution in [0.4, 0.5) is 5.69 Å². The maximum atomic E-state index is 12.3. The second-order valence-corrected chi connectivity index (χ2v) is 6.50. The Labute approximate surface area is 162 Å². The minimum absolute atomic E-state index is 0.116. The Hall–Kier alpha value is -2.62. The van der Waals surface area contributed by atoms with E-state index in [0.717, 1.165) is 22.5 Å². The van der Waals surface area contributed by atoms with E-state index in [1.807, 2.05) is 54.6 Å². The minimum Gasteiger partial charge on any atom is -0.326 e. The van der Waals surface area contributed by atoms with Crippen molar-refractivity contribution in [3.8, 4) is 0 Å². The molecule has 3 aromatic rings. The number of nitrogens with one attached hydrogen (secondary N) is 1. The number of amides is 1. The van der Waals surface area contributed by atoms with E-state index in [2.05, 4.69) is 10.3 Å². The molecule has 1 heterocycles. The van der Waals surface area contributed by atoms with Crippen molar-refractivity contribution in [2.24, 2.45) is 0 Å². The maximum Gasteiger partial charge on any atom is 0.228 e. The van der Waals surface area contributed by atoms with Gasteiger partial charge in [-0.2, -0.15) is 0 Å². The molecule has 0 bridgehead atoms. The van der Waals surface area contributed by atoms with Gasteiger partial charge >= 0.3 is 0 Å². The van der Waals surface area contributed by atoms with Crippen LogP contribution in [-0.4, -0.2) is 10.9 Å². The van der Waals surface area contributed by atoms with E-state index in [4.69, 9.17) is 23.2 Å². The highest BCUT2D eigenvalue weighted by atomic mass is 35.5. The van der Waals surface area contributed by atoms with Gasteiger partial charge in [0, 0.05) is 11.9 Å². The Kier molecular flexibility index (Phi) is 6.05. The Morgan fingerprint density at radius 2 is 1.85 bits per heavy atom. The topological polar surface area (TPSA) is 42.0 Å². The van der Waals surface area contributed by atoms with Crippen molar-refractivity contribution in [1.82, 2.24) is 4.98 Å². The fourth-order valence-corrected chi connectivity index (χ4v) is 2.74. The number of hydrogen-bond acceptors (Lipinski definition) is 2. The molecule has 0 spiro atoms. The normalized spacial score (nSPS) is 10.8. The number of halogens is 2. The average Bonchev–Trinajstić information content (AvgIpc) is 2.64. The van der Waals surface area contributed by atoms with Gasteiger partial charge in [-0.1, -0.05) is 53.5 Å². The minimum atomic E-state index is -0.116. The van der Waals surface area contributed by atoms with Crippen LogP contribution in [0, 0.1) is 0 Å². The van der Waals surface area contributed by atoms with Crippen LogP contribution in [0.5, 0.6) is 0 Å². The second-order valence-electron chi connectivity index (χ2n) is 5.69. The van der Waals surface area contributed by atoms with Crippen LogP contribution >= 0.6 is 23.2 Å². The van der Waals surface area contributed by atoms with Crippen LogP contribution in [0.3, 0.4) is 0 Å². The van der Waals surface area contributed by atoms with Gasteiger partial charge in [-0.25, -0.2) is 0 Å². The van der Waals surface area contributed by atoms with Crippen LogP contribution in [0.1, 0.15) is 16.8 Å². The van der Waals surface area contributed by atoms with Crippen molar-refractivity contribution in [2.75, 3.05) is 5.32 Å². The zero-order valence-corrected chi connectivity index (χ0v) is 15.3. The summed E-state index contributed by atoms with van der Waals surface area (Å²) in [7, 11) is 0. The monoisotopic (exact) mass is 382 g/mol. The third kappa shape index (κ3) is 5.19. The van der Waals surface area contributed by atoms with Crippen molar-refractivity contribution in [3.05, 3.63) is 93.7 Å². The molecule has 1 N–H and O–H groups in total. The molecule has 3 nitrogen and oxygen atoms in total. The van der Waals surface area contributed by atoms with Crippen LogP contribution < -0.4 is 5.32 Å². The van der Waals surface area contributed by atoms with E-state index in [-0.39, 0.29) is 12.3 Å². The average molecular weight is 383 g/mol. The summed E-state index contributed by atoms with van der Waals surface area (Å²) in [6.07, 6.45) is 5.86. The Bertz CT molecular complexity index is 940. The highest BCUT2D eigenvalue weighted by Crippen LogP contribution is 2.23. The molecule has 130 valence electrons. The lowest BCUT2D eigenvalue weighted by molar-refractivity contribution is -0.115. The Morgan fingerprint density at radius 1 is 0.962 bits per heavy atom. The largest absolute Gasteiger partial charge is 0.326 e. The number of nitrogens with zero attached hydrogens (tertiary/aromatic N) is 1. The first-order valence-electron chi connectivity index (χ1n) is 8.03. The fourth-order valence-electron chi connectivity index (χ4n) is 2.42. The molecule has 0 radical (unpaired) electrons. The van der Waals surface area contributed by atoms with Crippen molar-refractivity contribution in [1.29, 1.82) is 0 Å². The number of carbonyl (C=O) groups is 1. The maximum absolute atomic E-state index is 12.3. The van der Waals surface area contributed by atoms with E-state index < -0.39 is 0 Å². The van der Waals surface area contributed by atoms with Gasteiger partial charge < -0.3 is 5.32 Å². The Balaban J connectivity index is 1.65. The van der Waals surface area contributed by atoms with E-state index >= 15 is 0 Å². The molecule has 0 saturated heterocycles. The molecule has 1 aromatic heterocycles. The summed E-state index contributed by atoms with van der Waals surface area (Å²) in [6, 6.07) is 18.6. The van der Waals surface area contributed by atoms with Crippen molar-refractivity contribution in [2.45, 2.75) is 6.42 Å². The van der Waals surface area contributed by atoms with Crippen LogP contribution in [0.25, 0.3) is 12.2 Å². The summed E-state index contributed by atoms with van der Waals surface area (Å²) in [5, 5.41) is 3.82. The first kappa shape index (κ1) is 18.2. The van der Waals surface area contributed by atoms with Gasteiger partial charge in [0.25, 0.3) is 0 Å². The number of pyridine rings is 1. The third-order valence-electron chi connectivity index (χ3n) is 3.65. The van der Waals surface area contributed by atoms with Gasteiger partial charge in [0.2, 0.25) is 5.91 Å². The predicted octanol–water partition coefficient (Wildman–Crippen LogP) is 5.74. The molecule has 0 unspecified atom stereocenters. The number of hydrogen-bond donors (Lipinski definition) is 1. The number of anilines is 1. The molecule has 3 rings (SSSR count). The standard InChI is InChI=1S/C21H16Cl2N2O/c22-19-10-8-16(13-20(19)23)14-21(26)25-18-6-3-4-15(12-18)7-9-17-5-1-2-11-24-17/h1-13H,14H2,(H,25,26)/b9-7+. The molecule has 0 saturated carbocycles. The molecule has 0 fully saturated rings. The van der Waals surface area contributed by atoms with Gasteiger partial charge in [-0.05, 0) is 53.6 Å².